The third-order valence-corrected chi connectivity index (χ3v) is 6.56. The highest BCUT2D eigenvalue weighted by molar-refractivity contribution is 7.99. The number of amides is 1. The third kappa shape index (κ3) is 3.16. The number of aliphatic carboxylic acids is 1. The van der Waals surface area contributed by atoms with Gasteiger partial charge in [0.1, 0.15) is 12.3 Å². The summed E-state index contributed by atoms with van der Waals surface area (Å²) in [4.78, 5) is 37.8. The van der Waals surface area contributed by atoms with Crippen LogP contribution in [-0.2, 0) is 14.4 Å². The van der Waals surface area contributed by atoms with E-state index in [9.17, 15) is 14.4 Å². The van der Waals surface area contributed by atoms with Crippen molar-refractivity contribution in [3.8, 4) is 0 Å². The maximum Gasteiger partial charge on any atom is 0.323 e. The van der Waals surface area contributed by atoms with E-state index in [4.69, 9.17) is 5.11 Å². The lowest BCUT2D eigenvalue weighted by atomic mass is 9.74. The van der Waals surface area contributed by atoms with Crippen molar-refractivity contribution in [1.29, 1.82) is 0 Å². The monoisotopic (exact) mass is 325 g/mol. The van der Waals surface area contributed by atoms with Crippen LogP contribution in [0, 0.1) is 17.8 Å². The third-order valence-electron chi connectivity index (χ3n) is 5.28. The summed E-state index contributed by atoms with van der Waals surface area (Å²) < 4.78 is 0. The van der Waals surface area contributed by atoms with Crippen LogP contribution in [0.5, 0.6) is 0 Å². The van der Waals surface area contributed by atoms with E-state index in [1.165, 1.54) is 0 Å². The fraction of sp³-hybridized carbons (Fsp3) is 0.812. The molecule has 3 rings (SSSR count). The molecule has 0 aromatic heterocycles. The van der Waals surface area contributed by atoms with Crippen LogP contribution in [-0.4, -0.2) is 51.8 Å². The predicted molar refractivity (Wildman–Crippen MR) is 83.6 cm³/mol. The Bertz CT molecular complexity index is 459. The van der Waals surface area contributed by atoms with Crippen molar-refractivity contribution in [3.05, 3.63) is 0 Å². The average molecular weight is 325 g/mol. The lowest BCUT2D eigenvalue weighted by molar-refractivity contribution is -0.150. The van der Waals surface area contributed by atoms with Crippen LogP contribution in [0.3, 0.4) is 0 Å². The van der Waals surface area contributed by atoms with Crippen LogP contribution in [0.1, 0.15) is 38.5 Å². The number of carboxylic acids is 1. The minimum Gasteiger partial charge on any atom is -0.480 e. The maximum absolute atomic E-state index is 12.9. The van der Waals surface area contributed by atoms with Crippen molar-refractivity contribution in [3.63, 3.8) is 0 Å². The van der Waals surface area contributed by atoms with Crippen molar-refractivity contribution in [1.82, 2.24) is 4.90 Å². The Morgan fingerprint density at radius 1 is 1.14 bits per heavy atom. The van der Waals surface area contributed by atoms with Crippen LogP contribution < -0.4 is 0 Å². The zero-order chi connectivity index (χ0) is 15.7. The minimum absolute atomic E-state index is 0.00158. The number of fused-ring (bicyclic) bond motifs is 2. The highest BCUT2D eigenvalue weighted by Crippen LogP contribution is 2.40. The highest BCUT2D eigenvalue weighted by atomic mass is 32.2. The summed E-state index contributed by atoms with van der Waals surface area (Å²) in [6.45, 7) is -0.196. The number of nitrogens with zero attached hydrogens (tertiary/aromatic N) is 1. The Labute approximate surface area is 134 Å². The number of Topliss-reactive ketones (excluding diaryl/α,β-unsaturated/α-hetero) is 1. The zero-order valence-corrected chi connectivity index (χ0v) is 13.5. The highest BCUT2D eigenvalue weighted by Gasteiger charge is 2.43. The van der Waals surface area contributed by atoms with Crippen LogP contribution in [0.4, 0.5) is 0 Å². The molecule has 2 unspecified atom stereocenters. The molecule has 2 atom stereocenters. The number of hydrogen-bond donors (Lipinski definition) is 1. The topological polar surface area (TPSA) is 74.7 Å². The Balaban J connectivity index is 1.72. The van der Waals surface area contributed by atoms with E-state index in [1.807, 2.05) is 11.8 Å². The largest absolute Gasteiger partial charge is 0.480 e. The summed E-state index contributed by atoms with van der Waals surface area (Å²) >= 11 is 1.81. The van der Waals surface area contributed by atoms with Crippen LogP contribution in [0.2, 0.25) is 0 Å². The molecule has 5 nitrogen and oxygen atoms in total. The molecule has 3 fully saturated rings. The number of rotatable bonds is 4. The zero-order valence-electron chi connectivity index (χ0n) is 12.7. The van der Waals surface area contributed by atoms with Gasteiger partial charge < -0.3 is 10.0 Å². The number of carbonyl (C=O) groups excluding carboxylic acids is 2. The van der Waals surface area contributed by atoms with Gasteiger partial charge in [0.15, 0.2) is 0 Å². The van der Waals surface area contributed by atoms with Crippen molar-refractivity contribution in [2.24, 2.45) is 17.8 Å². The van der Waals surface area contributed by atoms with Gasteiger partial charge in [-0.05, 0) is 25.7 Å². The first kappa shape index (κ1) is 15.8. The Morgan fingerprint density at radius 3 is 2.27 bits per heavy atom. The standard InChI is InChI=1S/C16H23NO4S/c18-14(19)7-17(13-3-1-2-4-13)16(21)10-5-11-8-22-9-12(6-10)15(11)20/h10-13H,1-9H2,(H,18,19). The normalized spacial score (nSPS) is 32.0. The number of hydrogen-bond acceptors (Lipinski definition) is 4. The lowest BCUT2D eigenvalue weighted by Gasteiger charge is -2.39. The Morgan fingerprint density at radius 2 is 1.73 bits per heavy atom. The number of carbonyl (C=O) groups is 3. The van der Waals surface area contributed by atoms with Gasteiger partial charge in [0, 0.05) is 35.3 Å². The second-order valence-corrected chi connectivity index (χ2v) is 7.88. The molecular weight excluding hydrogens is 302 g/mol. The fourth-order valence-electron chi connectivity index (χ4n) is 4.19. The van der Waals surface area contributed by atoms with Gasteiger partial charge in [0.25, 0.3) is 0 Å². The summed E-state index contributed by atoms with van der Waals surface area (Å²) in [6.07, 6.45) is 5.19. The quantitative estimate of drug-likeness (QED) is 0.853. The Hall–Kier alpha value is -1.04. The van der Waals surface area contributed by atoms with Gasteiger partial charge in [-0.15, -0.1) is 0 Å². The van der Waals surface area contributed by atoms with Crippen molar-refractivity contribution in [2.45, 2.75) is 44.6 Å². The maximum atomic E-state index is 12.9. The molecule has 0 aromatic rings. The molecular formula is C16H23NO4S. The van der Waals surface area contributed by atoms with Gasteiger partial charge in [0.2, 0.25) is 5.91 Å². The van der Waals surface area contributed by atoms with Gasteiger partial charge in [-0.25, -0.2) is 0 Å². The molecule has 1 amide bonds. The van der Waals surface area contributed by atoms with Crippen LogP contribution >= 0.6 is 11.8 Å². The molecule has 3 aliphatic rings. The van der Waals surface area contributed by atoms with Gasteiger partial charge >= 0.3 is 5.97 Å². The minimum atomic E-state index is -0.942. The van der Waals surface area contributed by atoms with Crippen molar-refractivity contribution < 1.29 is 19.5 Å². The lowest BCUT2D eigenvalue weighted by Crippen LogP contribution is -2.49. The number of thioether (sulfide) groups is 1. The summed E-state index contributed by atoms with van der Waals surface area (Å²) in [6, 6.07) is 0.0791. The summed E-state index contributed by atoms with van der Waals surface area (Å²) in [5.41, 5.74) is 0. The van der Waals surface area contributed by atoms with E-state index >= 15 is 0 Å². The predicted octanol–water partition coefficient (Wildman–Crippen LogP) is 1.80. The van der Waals surface area contributed by atoms with E-state index in [0.717, 1.165) is 37.2 Å². The molecule has 1 heterocycles. The van der Waals surface area contributed by atoms with E-state index in [2.05, 4.69) is 0 Å². The molecule has 122 valence electrons. The molecule has 0 aromatic carbocycles. The molecule has 2 bridgehead atoms. The molecule has 0 spiro atoms. The molecule has 1 saturated heterocycles. The van der Waals surface area contributed by atoms with Crippen molar-refractivity contribution >= 4 is 29.4 Å². The van der Waals surface area contributed by atoms with Crippen LogP contribution in [0.15, 0.2) is 0 Å². The van der Waals surface area contributed by atoms with Gasteiger partial charge in [-0.1, -0.05) is 12.8 Å². The van der Waals surface area contributed by atoms with E-state index < -0.39 is 5.97 Å². The van der Waals surface area contributed by atoms with Gasteiger partial charge in [-0.3, -0.25) is 14.4 Å². The second kappa shape index (κ2) is 6.60. The molecule has 0 radical (unpaired) electrons. The van der Waals surface area contributed by atoms with E-state index in [1.54, 1.807) is 4.90 Å². The number of ketones is 1. The molecule has 2 saturated carbocycles. The molecule has 1 N–H and O–H groups in total. The van der Waals surface area contributed by atoms with Crippen LogP contribution in [0.25, 0.3) is 0 Å². The SMILES string of the molecule is O=C(O)CN(C(=O)C1CC2CSCC(C1)C2=O)C1CCCC1. The summed E-state index contributed by atoms with van der Waals surface area (Å²) in [7, 11) is 0. The number of carboxylic acid groups (broad SMARTS) is 1. The average Bonchev–Trinajstić information content (AvgIpc) is 2.97. The smallest absolute Gasteiger partial charge is 0.323 e. The van der Waals surface area contributed by atoms with E-state index in [0.29, 0.717) is 18.6 Å². The molecule has 6 heteroatoms. The first-order valence-electron chi connectivity index (χ1n) is 8.20. The molecule has 1 aliphatic heterocycles. The van der Waals surface area contributed by atoms with Crippen molar-refractivity contribution in [2.75, 3.05) is 18.1 Å². The van der Waals surface area contributed by atoms with Gasteiger partial charge in [-0.2, -0.15) is 11.8 Å². The second-order valence-electron chi connectivity index (χ2n) is 6.80. The summed E-state index contributed by atoms with van der Waals surface area (Å²) in [5.74, 6) is 0.847. The Kier molecular flexibility index (Phi) is 4.76. The van der Waals surface area contributed by atoms with E-state index in [-0.39, 0.29) is 36.2 Å². The molecule has 2 aliphatic carbocycles. The fourth-order valence-corrected chi connectivity index (χ4v) is 5.49. The van der Waals surface area contributed by atoms with Gasteiger partial charge in [0.05, 0.1) is 0 Å². The summed E-state index contributed by atoms with van der Waals surface area (Å²) in [5, 5.41) is 9.14. The molecule has 22 heavy (non-hydrogen) atoms. The first-order chi connectivity index (χ1) is 10.6. The first-order valence-corrected chi connectivity index (χ1v) is 9.35.